The summed E-state index contributed by atoms with van der Waals surface area (Å²) in [5.41, 5.74) is 7.33. The maximum atomic E-state index is 9.95. The summed E-state index contributed by atoms with van der Waals surface area (Å²) < 4.78 is 1.96. The molecule has 0 amide bonds. The highest BCUT2D eigenvalue weighted by atomic mass is 35.5. The molecule has 0 saturated carbocycles. The van der Waals surface area contributed by atoms with E-state index in [1.54, 1.807) is 0 Å². The van der Waals surface area contributed by atoms with Gasteiger partial charge in [0.25, 0.3) is 0 Å². The number of hydrogen-bond acceptors (Lipinski definition) is 2. The van der Waals surface area contributed by atoms with Gasteiger partial charge in [0.05, 0.1) is 6.10 Å². The fourth-order valence-corrected chi connectivity index (χ4v) is 2.19. The zero-order chi connectivity index (χ0) is 11.7. The van der Waals surface area contributed by atoms with Crippen molar-refractivity contribution in [1.82, 2.24) is 4.57 Å². The summed E-state index contributed by atoms with van der Waals surface area (Å²) in [6, 6.07) is 7.67. The highest BCUT2D eigenvalue weighted by molar-refractivity contribution is 6.35. The van der Waals surface area contributed by atoms with Gasteiger partial charge in [-0.3, -0.25) is 0 Å². The quantitative estimate of drug-likeness (QED) is 0.862. The molecule has 1 aromatic heterocycles. The summed E-state index contributed by atoms with van der Waals surface area (Å²) in [4.78, 5) is 0. The minimum Gasteiger partial charge on any atom is -0.387 e. The Kier molecular flexibility index (Phi) is 3.19. The van der Waals surface area contributed by atoms with Crippen molar-refractivity contribution in [3.63, 3.8) is 0 Å². The van der Waals surface area contributed by atoms with E-state index in [2.05, 4.69) is 0 Å². The minimum absolute atomic E-state index is 0.469. The Morgan fingerprint density at radius 3 is 2.88 bits per heavy atom. The maximum Gasteiger partial charge on any atom is 0.0952 e. The predicted molar refractivity (Wildman–Crippen MR) is 66.6 cm³/mol. The lowest BCUT2D eigenvalue weighted by molar-refractivity contribution is 0.162. The molecule has 0 aliphatic rings. The molecule has 1 aromatic carbocycles. The Morgan fingerprint density at radius 2 is 2.25 bits per heavy atom. The topological polar surface area (TPSA) is 51.2 Å². The molecule has 1 unspecified atom stereocenters. The highest BCUT2D eigenvalue weighted by Gasteiger charge is 2.14. The normalized spacial score (nSPS) is 13.2. The molecule has 3 nitrogen and oxygen atoms in total. The SMILES string of the molecule is Cn1c(C(O)CCN)cc2c(Cl)cccc21. The zero-order valence-corrected chi connectivity index (χ0v) is 9.91. The number of nitrogens with two attached hydrogens (primary N) is 1. The van der Waals surface area contributed by atoms with Crippen molar-refractivity contribution in [2.45, 2.75) is 12.5 Å². The third-order valence-electron chi connectivity index (χ3n) is 2.85. The first-order valence-electron chi connectivity index (χ1n) is 5.27. The Balaban J connectivity index is 2.55. The number of fused-ring (bicyclic) bond motifs is 1. The van der Waals surface area contributed by atoms with Crippen molar-refractivity contribution in [1.29, 1.82) is 0 Å². The Labute approximate surface area is 99.4 Å². The van der Waals surface area contributed by atoms with Gasteiger partial charge in [-0.1, -0.05) is 17.7 Å². The number of nitrogens with zero attached hydrogens (tertiary/aromatic N) is 1. The van der Waals surface area contributed by atoms with Crippen LogP contribution in [0.5, 0.6) is 0 Å². The molecule has 0 bridgehead atoms. The van der Waals surface area contributed by atoms with E-state index in [9.17, 15) is 5.11 Å². The molecule has 1 heterocycles. The van der Waals surface area contributed by atoms with Crippen LogP contribution >= 0.6 is 11.6 Å². The second-order valence-corrected chi connectivity index (χ2v) is 4.30. The second kappa shape index (κ2) is 4.45. The van der Waals surface area contributed by atoms with Crippen molar-refractivity contribution in [3.8, 4) is 0 Å². The van der Waals surface area contributed by atoms with Gasteiger partial charge < -0.3 is 15.4 Å². The lowest BCUT2D eigenvalue weighted by Gasteiger charge is -2.10. The molecule has 16 heavy (non-hydrogen) atoms. The number of halogens is 1. The van der Waals surface area contributed by atoms with E-state index in [-0.39, 0.29) is 0 Å². The van der Waals surface area contributed by atoms with E-state index in [1.165, 1.54) is 0 Å². The van der Waals surface area contributed by atoms with Gasteiger partial charge in [0.2, 0.25) is 0 Å². The molecule has 86 valence electrons. The largest absolute Gasteiger partial charge is 0.387 e. The number of aryl methyl sites for hydroxylation is 1. The molecule has 0 radical (unpaired) electrons. The number of aromatic nitrogens is 1. The van der Waals surface area contributed by atoms with Crippen molar-refractivity contribution < 1.29 is 5.11 Å². The number of hydrogen-bond donors (Lipinski definition) is 2. The van der Waals surface area contributed by atoms with Gasteiger partial charge in [0.15, 0.2) is 0 Å². The molecule has 4 heteroatoms. The maximum absolute atomic E-state index is 9.95. The molecule has 0 spiro atoms. The Bertz CT molecular complexity index is 507. The molecule has 2 aromatic rings. The van der Waals surface area contributed by atoms with Gasteiger partial charge in [-0.05, 0) is 31.2 Å². The first kappa shape index (κ1) is 11.5. The number of aliphatic hydroxyl groups is 1. The molecule has 1 atom stereocenters. The molecule has 2 rings (SSSR count). The van der Waals surface area contributed by atoms with E-state index in [0.29, 0.717) is 18.0 Å². The summed E-state index contributed by atoms with van der Waals surface area (Å²) in [6.07, 6.45) is 0.0281. The zero-order valence-electron chi connectivity index (χ0n) is 9.15. The van der Waals surface area contributed by atoms with Crippen LogP contribution in [0.2, 0.25) is 5.02 Å². The molecule has 3 N–H and O–H groups in total. The average Bonchev–Trinajstić information content (AvgIpc) is 2.59. The molecular weight excluding hydrogens is 224 g/mol. The minimum atomic E-state index is -0.529. The van der Waals surface area contributed by atoms with Crippen LogP contribution in [0.25, 0.3) is 10.9 Å². The fraction of sp³-hybridized carbons (Fsp3) is 0.333. The van der Waals surface area contributed by atoms with Crippen LogP contribution in [-0.2, 0) is 7.05 Å². The highest BCUT2D eigenvalue weighted by Crippen LogP contribution is 2.29. The predicted octanol–water partition coefficient (Wildman–Crippen LogP) is 2.21. The lowest BCUT2D eigenvalue weighted by atomic mass is 10.2. The van der Waals surface area contributed by atoms with E-state index >= 15 is 0 Å². The van der Waals surface area contributed by atoms with Gasteiger partial charge in [-0.25, -0.2) is 0 Å². The van der Waals surface area contributed by atoms with Gasteiger partial charge in [-0.2, -0.15) is 0 Å². The lowest BCUT2D eigenvalue weighted by Crippen LogP contribution is -2.09. The smallest absolute Gasteiger partial charge is 0.0952 e. The van der Waals surface area contributed by atoms with Crippen molar-refractivity contribution in [2.24, 2.45) is 12.8 Å². The Hall–Kier alpha value is -1.03. The van der Waals surface area contributed by atoms with Gasteiger partial charge in [0.1, 0.15) is 0 Å². The molecule has 0 saturated heterocycles. The van der Waals surface area contributed by atoms with Crippen molar-refractivity contribution in [3.05, 3.63) is 35.0 Å². The summed E-state index contributed by atoms with van der Waals surface area (Å²) in [6.45, 7) is 0.469. The number of aliphatic hydroxyl groups excluding tert-OH is 1. The average molecular weight is 239 g/mol. The van der Waals surface area contributed by atoms with Crippen LogP contribution < -0.4 is 5.73 Å². The fourth-order valence-electron chi connectivity index (χ4n) is 1.97. The first-order valence-corrected chi connectivity index (χ1v) is 5.65. The molecular formula is C12H15ClN2O. The van der Waals surface area contributed by atoms with E-state index in [1.807, 2.05) is 35.9 Å². The summed E-state index contributed by atoms with van der Waals surface area (Å²) in [5, 5.41) is 11.6. The van der Waals surface area contributed by atoms with Gasteiger partial charge in [0, 0.05) is 28.7 Å². The summed E-state index contributed by atoms with van der Waals surface area (Å²) >= 11 is 6.10. The third-order valence-corrected chi connectivity index (χ3v) is 3.18. The molecule has 0 aliphatic carbocycles. The van der Waals surface area contributed by atoms with Gasteiger partial charge >= 0.3 is 0 Å². The van der Waals surface area contributed by atoms with Crippen LogP contribution in [0.1, 0.15) is 18.2 Å². The van der Waals surface area contributed by atoms with Crippen LogP contribution in [0.15, 0.2) is 24.3 Å². The van der Waals surface area contributed by atoms with E-state index in [0.717, 1.165) is 16.6 Å². The first-order chi connectivity index (χ1) is 7.65. The molecule has 0 aliphatic heterocycles. The van der Waals surface area contributed by atoms with Crippen LogP contribution in [0.4, 0.5) is 0 Å². The number of rotatable bonds is 3. The molecule has 0 fully saturated rings. The van der Waals surface area contributed by atoms with Crippen LogP contribution in [-0.4, -0.2) is 16.2 Å². The van der Waals surface area contributed by atoms with Crippen molar-refractivity contribution >= 4 is 22.5 Å². The van der Waals surface area contributed by atoms with Crippen LogP contribution in [0, 0.1) is 0 Å². The second-order valence-electron chi connectivity index (χ2n) is 3.89. The van der Waals surface area contributed by atoms with Crippen molar-refractivity contribution in [2.75, 3.05) is 6.54 Å². The van der Waals surface area contributed by atoms with E-state index < -0.39 is 6.10 Å². The van der Waals surface area contributed by atoms with Crippen LogP contribution in [0.3, 0.4) is 0 Å². The number of benzene rings is 1. The monoisotopic (exact) mass is 238 g/mol. The standard InChI is InChI=1S/C12H15ClN2O/c1-15-10-4-2-3-9(13)8(10)7-11(15)12(16)5-6-14/h2-4,7,12,16H,5-6,14H2,1H3. The summed E-state index contributed by atoms with van der Waals surface area (Å²) in [7, 11) is 1.92. The summed E-state index contributed by atoms with van der Waals surface area (Å²) in [5.74, 6) is 0. The third kappa shape index (κ3) is 1.82. The van der Waals surface area contributed by atoms with E-state index in [4.69, 9.17) is 17.3 Å². The Morgan fingerprint density at radius 1 is 1.50 bits per heavy atom. The van der Waals surface area contributed by atoms with Gasteiger partial charge in [-0.15, -0.1) is 0 Å².